The number of primary amides is 1. The molecule has 0 fully saturated rings. The number of halogens is 1. The number of hydrogen-bond donors (Lipinski definition) is 1. The Bertz CT molecular complexity index is 1100. The molecule has 0 saturated carbocycles. The highest BCUT2D eigenvalue weighted by Crippen LogP contribution is 2.31. The van der Waals surface area contributed by atoms with Gasteiger partial charge in [-0.3, -0.25) is 9.69 Å². The minimum absolute atomic E-state index is 0.118. The molecule has 1 heterocycles. The average molecular weight is 401 g/mol. The van der Waals surface area contributed by atoms with Crippen molar-refractivity contribution in [1.29, 1.82) is 0 Å². The molecular formula is C25H21ClN2O. The number of carbonyl (C=O) groups is 1. The molecule has 3 nitrogen and oxygen atoms in total. The van der Waals surface area contributed by atoms with E-state index in [1.54, 1.807) is 12.1 Å². The number of amides is 1. The van der Waals surface area contributed by atoms with Crippen LogP contribution in [0.25, 0.3) is 0 Å². The van der Waals surface area contributed by atoms with Gasteiger partial charge in [0.15, 0.2) is 0 Å². The Balaban J connectivity index is 1.67. The van der Waals surface area contributed by atoms with Crippen LogP contribution < -0.4 is 5.73 Å². The van der Waals surface area contributed by atoms with Crippen LogP contribution in [0, 0.1) is 11.8 Å². The van der Waals surface area contributed by atoms with E-state index < -0.39 is 5.91 Å². The van der Waals surface area contributed by atoms with Crippen LogP contribution in [-0.2, 0) is 13.0 Å². The third-order valence-electron chi connectivity index (χ3n) is 5.25. The van der Waals surface area contributed by atoms with Gasteiger partial charge in [0.25, 0.3) is 0 Å². The van der Waals surface area contributed by atoms with E-state index >= 15 is 0 Å². The Morgan fingerprint density at radius 2 is 1.66 bits per heavy atom. The van der Waals surface area contributed by atoms with E-state index in [2.05, 4.69) is 41.0 Å². The van der Waals surface area contributed by atoms with E-state index in [1.807, 2.05) is 36.4 Å². The van der Waals surface area contributed by atoms with Gasteiger partial charge in [-0.05, 0) is 47.9 Å². The summed E-state index contributed by atoms with van der Waals surface area (Å²) in [6.45, 7) is 1.75. The zero-order valence-corrected chi connectivity index (χ0v) is 16.7. The number of fused-ring (bicyclic) bond motifs is 1. The number of nitrogens with zero attached hydrogens (tertiary/aromatic N) is 1. The van der Waals surface area contributed by atoms with Gasteiger partial charge in [-0.2, -0.15) is 0 Å². The molecule has 0 aliphatic carbocycles. The van der Waals surface area contributed by atoms with Gasteiger partial charge in [0.2, 0.25) is 5.91 Å². The Hall–Kier alpha value is -3.06. The first-order chi connectivity index (χ1) is 14.1. The van der Waals surface area contributed by atoms with Crippen molar-refractivity contribution in [1.82, 2.24) is 4.90 Å². The molecule has 0 radical (unpaired) electrons. The van der Waals surface area contributed by atoms with Crippen molar-refractivity contribution in [3.63, 3.8) is 0 Å². The average Bonchev–Trinajstić information content (AvgIpc) is 2.75. The third kappa shape index (κ3) is 4.35. The summed E-state index contributed by atoms with van der Waals surface area (Å²) in [6, 6.07) is 23.4. The lowest BCUT2D eigenvalue weighted by Crippen LogP contribution is -2.33. The summed E-state index contributed by atoms with van der Waals surface area (Å²) in [4.78, 5) is 13.6. The van der Waals surface area contributed by atoms with Gasteiger partial charge in [0.05, 0.1) is 6.04 Å². The fourth-order valence-corrected chi connectivity index (χ4v) is 3.91. The van der Waals surface area contributed by atoms with Crippen molar-refractivity contribution < 1.29 is 4.79 Å². The van der Waals surface area contributed by atoms with Crippen LogP contribution in [0.4, 0.5) is 0 Å². The van der Waals surface area contributed by atoms with Crippen molar-refractivity contribution in [3.05, 3.63) is 106 Å². The molecule has 4 rings (SSSR count). The standard InChI is InChI=1S/C25H21ClN2O/c26-23-8-4-3-7-22(23)24(14-11-18-9-12-20(13-10-18)25(27)29)28-16-15-19-5-1-2-6-21(19)17-28/h1-10,12-13,24H,15-17H2,(H2,27,29). The van der Waals surface area contributed by atoms with Crippen molar-refractivity contribution in [2.45, 2.75) is 19.0 Å². The molecule has 1 amide bonds. The molecule has 1 aliphatic rings. The second-order valence-electron chi connectivity index (χ2n) is 7.12. The lowest BCUT2D eigenvalue weighted by molar-refractivity contribution is 0.100. The van der Waals surface area contributed by atoms with Crippen LogP contribution in [-0.4, -0.2) is 17.4 Å². The number of carbonyl (C=O) groups excluding carboxylic acids is 1. The zero-order chi connectivity index (χ0) is 20.2. The van der Waals surface area contributed by atoms with Crippen molar-refractivity contribution in [2.75, 3.05) is 6.54 Å². The van der Waals surface area contributed by atoms with Gasteiger partial charge >= 0.3 is 0 Å². The lowest BCUT2D eigenvalue weighted by Gasteiger charge is -2.33. The first-order valence-corrected chi connectivity index (χ1v) is 9.96. The second kappa shape index (κ2) is 8.53. The SMILES string of the molecule is NC(=O)c1ccc(C#CC(c2ccccc2Cl)N2CCc3ccccc3C2)cc1. The van der Waals surface area contributed by atoms with E-state index in [0.29, 0.717) is 5.56 Å². The largest absolute Gasteiger partial charge is 0.366 e. The molecule has 0 spiro atoms. The smallest absolute Gasteiger partial charge is 0.248 e. The third-order valence-corrected chi connectivity index (χ3v) is 5.59. The summed E-state index contributed by atoms with van der Waals surface area (Å²) in [7, 11) is 0. The van der Waals surface area contributed by atoms with Gasteiger partial charge in [-0.25, -0.2) is 0 Å². The van der Waals surface area contributed by atoms with Crippen LogP contribution in [0.1, 0.15) is 38.7 Å². The van der Waals surface area contributed by atoms with E-state index in [9.17, 15) is 4.79 Å². The highest BCUT2D eigenvalue weighted by molar-refractivity contribution is 6.31. The van der Waals surface area contributed by atoms with Gasteiger partial charge in [-0.15, -0.1) is 0 Å². The molecule has 1 atom stereocenters. The van der Waals surface area contributed by atoms with Gasteiger partial charge in [0.1, 0.15) is 0 Å². The van der Waals surface area contributed by atoms with E-state index in [-0.39, 0.29) is 6.04 Å². The van der Waals surface area contributed by atoms with Crippen molar-refractivity contribution in [3.8, 4) is 11.8 Å². The minimum atomic E-state index is -0.439. The highest BCUT2D eigenvalue weighted by atomic mass is 35.5. The molecule has 4 heteroatoms. The summed E-state index contributed by atoms with van der Waals surface area (Å²) in [5, 5.41) is 0.717. The fourth-order valence-electron chi connectivity index (χ4n) is 3.67. The van der Waals surface area contributed by atoms with Crippen LogP contribution in [0.3, 0.4) is 0 Å². The number of benzene rings is 3. The summed E-state index contributed by atoms with van der Waals surface area (Å²) in [5.74, 6) is 6.23. The van der Waals surface area contributed by atoms with Gasteiger partial charge in [-0.1, -0.05) is 65.9 Å². The van der Waals surface area contributed by atoms with Crippen molar-refractivity contribution in [2.24, 2.45) is 5.73 Å². The highest BCUT2D eigenvalue weighted by Gasteiger charge is 2.24. The topological polar surface area (TPSA) is 46.3 Å². The van der Waals surface area contributed by atoms with Crippen LogP contribution in [0.2, 0.25) is 5.02 Å². The van der Waals surface area contributed by atoms with Crippen LogP contribution >= 0.6 is 11.6 Å². The van der Waals surface area contributed by atoms with Gasteiger partial charge in [0, 0.05) is 34.8 Å². The lowest BCUT2D eigenvalue weighted by atomic mass is 9.96. The quantitative estimate of drug-likeness (QED) is 0.653. The Labute approximate surface area is 176 Å². The fraction of sp³-hybridized carbons (Fsp3) is 0.160. The first kappa shape index (κ1) is 19.3. The Morgan fingerprint density at radius 3 is 2.38 bits per heavy atom. The van der Waals surface area contributed by atoms with Crippen molar-refractivity contribution >= 4 is 17.5 Å². The molecule has 144 valence electrons. The Kier molecular flexibility index (Phi) is 5.67. The maximum absolute atomic E-state index is 11.3. The molecule has 3 aromatic carbocycles. The van der Waals surface area contributed by atoms with E-state index in [1.165, 1.54) is 11.1 Å². The predicted octanol–water partition coefficient (Wildman–Crippen LogP) is 4.59. The molecule has 0 aromatic heterocycles. The van der Waals surface area contributed by atoms with Crippen LogP contribution in [0.15, 0.2) is 72.8 Å². The summed E-state index contributed by atoms with van der Waals surface area (Å²) in [6.07, 6.45) is 0.992. The molecule has 3 aromatic rings. The number of nitrogens with two attached hydrogens (primary N) is 1. The Morgan fingerprint density at radius 1 is 0.966 bits per heavy atom. The molecule has 2 N–H and O–H groups in total. The number of hydrogen-bond acceptors (Lipinski definition) is 2. The molecule has 0 saturated heterocycles. The monoisotopic (exact) mass is 400 g/mol. The van der Waals surface area contributed by atoms with E-state index in [0.717, 1.165) is 35.7 Å². The molecule has 29 heavy (non-hydrogen) atoms. The summed E-state index contributed by atoms with van der Waals surface area (Å²) >= 11 is 6.53. The first-order valence-electron chi connectivity index (χ1n) is 9.58. The number of rotatable bonds is 3. The maximum Gasteiger partial charge on any atom is 0.248 e. The summed E-state index contributed by atoms with van der Waals surface area (Å²) < 4.78 is 0. The molecule has 1 unspecified atom stereocenters. The summed E-state index contributed by atoms with van der Waals surface area (Å²) in [5.41, 5.74) is 10.4. The van der Waals surface area contributed by atoms with Gasteiger partial charge < -0.3 is 5.73 Å². The predicted molar refractivity (Wildman–Crippen MR) is 117 cm³/mol. The van der Waals surface area contributed by atoms with Crippen LogP contribution in [0.5, 0.6) is 0 Å². The second-order valence-corrected chi connectivity index (χ2v) is 7.53. The minimum Gasteiger partial charge on any atom is -0.366 e. The zero-order valence-electron chi connectivity index (χ0n) is 15.9. The molecule has 0 bridgehead atoms. The molecule has 1 aliphatic heterocycles. The maximum atomic E-state index is 11.3. The van der Waals surface area contributed by atoms with E-state index in [4.69, 9.17) is 17.3 Å². The normalized spacial score (nSPS) is 14.4. The molecular weight excluding hydrogens is 380 g/mol.